The summed E-state index contributed by atoms with van der Waals surface area (Å²) in [6.07, 6.45) is -5.96. The first-order valence-electron chi connectivity index (χ1n) is 5.54. The molecule has 0 saturated carbocycles. The Balaban J connectivity index is 2.58. The molecule has 1 atom stereocenters. The van der Waals surface area contributed by atoms with Crippen molar-refractivity contribution in [1.82, 2.24) is 0 Å². The van der Waals surface area contributed by atoms with Crippen molar-refractivity contribution < 1.29 is 21.6 Å². The van der Waals surface area contributed by atoms with Crippen molar-refractivity contribution in [2.24, 2.45) is 0 Å². The average Bonchev–Trinajstić information content (AvgIpc) is 2.45. The van der Waals surface area contributed by atoms with Gasteiger partial charge in [0.1, 0.15) is 5.25 Å². The van der Waals surface area contributed by atoms with Gasteiger partial charge in [0.05, 0.1) is 12.1 Å². The number of halogens is 4. The topological polar surface area (TPSA) is 37.4 Å². The molecule has 1 aliphatic rings. The Kier molecular flexibility index (Phi) is 3.47. The zero-order chi connectivity index (χ0) is 14.4. The Morgan fingerprint density at radius 3 is 2.53 bits per heavy atom. The van der Waals surface area contributed by atoms with Gasteiger partial charge in [0.25, 0.3) is 0 Å². The summed E-state index contributed by atoms with van der Waals surface area (Å²) in [6.45, 7) is 1.66. The van der Waals surface area contributed by atoms with Gasteiger partial charge in [-0.25, -0.2) is 8.42 Å². The highest BCUT2D eigenvalue weighted by Crippen LogP contribution is 2.47. The molecular formula is C11H11ClF3NO2S. The van der Waals surface area contributed by atoms with Gasteiger partial charge in [0.15, 0.2) is 0 Å². The van der Waals surface area contributed by atoms with Crippen LogP contribution in [0.15, 0.2) is 18.2 Å². The molecule has 1 heterocycles. The third-order valence-electron chi connectivity index (χ3n) is 2.98. The van der Waals surface area contributed by atoms with E-state index in [1.807, 2.05) is 0 Å². The number of rotatable bonds is 2. The van der Waals surface area contributed by atoms with Crippen molar-refractivity contribution >= 4 is 27.3 Å². The molecule has 0 radical (unpaired) electrons. The van der Waals surface area contributed by atoms with Crippen molar-refractivity contribution in [2.75, 3.05) is 10.8 Å². The summed E-state index contributed by atoms with van der Waals surface area (Å²) >= 11 is 5.75. The maximum atomic E-state index is 12.6. The molecule has 1 aromatic carbocycles. The quantitative estimate of drug-likeness (QED) is 0.838. The Hall–Kier alpha value is -0.950. The summed E-state index contributed by atoms with van der Waals surface area (Å²) in [6, 6.07) is 4.20. The van der Waals surface area contributed by atoms with Crippen LogP contribution >= 0.6 is 11.6 Å². The zero-order valence-corrected chi connectivity index (χ0v) is 11.5. The summed E-state index contributed by atoms with van der Waals surface area (Å²) in [5.41, 5.74) is 0.396. The van der Waals surface area contributed by atoms with E-state index < -0.39 is 27.9 Å². The van der Waals surface area contributed by atoms with Crippen molar-refractivity contribution in [3.63, 3.8) is 0 Å². The van der Waals surface area contributed by atoms with Crippen LogP contribution in [0.3, 0.4) is 0 Å². The van der Waals surface area contributed by atoms with E-state index in [1.54, 1.807) is 6.92 Å². The van der Waals surface area contributed by atoms with E-state index in [1.165, 1.54) is 18.2 Å². The Bertz CT molecular complexity index is 600. The van der Waals surface area contributed by atoms with Crippen LogP contribution in [0.25, 0.3) is 0 Å². The van der Waals surface area contributed by atoms with E-state index in [-0.39, 0.29) is 22.8 Å². The number of sulfonamides is 1. The summed E-state index contributed by atoms with van der Waals surface area (Å²) in [5, 5.41) is -1.39. The van der Waals surface area contributed by atoms with Crippen molar-refractivity contribution in [2.45, 2.75) is 24.8 Å². The van der Waals surface area contributed by atoms with Gasteiger partial charge in [-0.2, -0.15) is 13.2 Å². The summed E-state index contributed by atoms with van der Waals surface area (Å²) in [4.78, 5) is 0. The minimum atomic E-state index is -4.55. The highest BCUT2D eigenvalue weighted by molar-refractivity contribution is 7.93. The normalized spacial score (nSPS) is 21.5. The highest BCUT2D eigenvalue weighted by atomic mass is 35.5. The first-order valence-corrected chi connectivity index (χ1v) is 7.42. The van der Waals surface area contributed by atoms with Gasteiger partial charge in [-0.3, -0.25) is 4.31 Å². The maximum Gasteiger partial charge on any atom is 0.390 e. The molecule has 3 nitrogen and oxygen atoms in total. The van der Waals surface area contributed by atoms with E-state index in [4.69, 9.17) is 11.6 Å². The van der Waals surface area contributed by atoms with Crippen LogP contribution in [0, 0.1) is 0 Å². The number of fused-ring (bicyclic) bond motifs is 1. The second-order valence-electron chi connectivity index (χ2n) is 4.22. The van der Waals surface area contributed by atoms with Crippen LogP contribution in [0.4, 0.5) is 18.9 Å². The number of anilines is 1. The molecule has 2 rings (SSSR count). The van der Waals surface area contributed by atoms with Crippen molar-refractivity contribution in [3.8, 4) is 0 Å². The van der Waals surface area contributed by atoms with E-state index >= 15 is 0 Å². The molecule has 1 aromatic rings. The fraction of sp³-hybridized carbons (Fsp3) is 0.455. The van der Waals surface area contributed by atoms with Crippen molar-refractivity contribution in [1.29, 1.82) is 0 Å². The van der Waals surface area contributed by atoms with Crippen molar-refractivity contribution in [3.05, 3.63) is 28.8 Å². The minimum Gasteiger partial charge on any atom is -0.270 e. The molecule has 0 aromatic heterocycles. The number of hydrogen-bond donors (Lipinski definition) is 0. The predicted molar refractivity (Wildman–Crippen MR) is 66.8 cm³/mol. The first-order chi connectivity index (χ1) is 8.66. The lowest BCUT2D eigenvalue weighted by atomic mass is 10.1. The molecule has 8 heteroatoms. The second kappa shape index (κ2) is 4.56. The minimum absolute atomic E-state index is 0.0886. The first kappa shape index (κ1) is 14.5. The second-order valence-corrected chi connectivity index (χ2v) is 6.70. The standard InChI is InChI=1S/C11H11ClF3NO2S/c1-2-16-9-4-3-7(12)5-8(9)10(19(16,17)18)6-11(13,14)15/h3-5,10H,2,6H2,1H3. The maximum absolute atomic E-state index is 12.6. The summed E-state index contributed by atoms with van der Waals surface area (Å²) < 4.78 is 63.0. The van der Waals surface area contributed by atoms with Gasteiger partial charge in [0, 0.05) is 11.6 Å². The molecule has 0 N–H and O–H groups in total. The number of alkyl halides is 3. The number of nitrogens with zero attached hydrogens (tertiary/aromatic N) is 1. The van der Waals surface area contributed by atoms with Crippen LogP contribution in [0.5, 0.6) is 0 Å². The lowest BCUT2D eigenvalue weighted by molar-refractivity contribution is -0.134. The molecule has 0 aliphatic carbocycles. The van der Waals surface area contributed by atoms with Crippen LogP contribution in [-0.2, 0) is 10.0 Å². The largest absolute Gasteiger partial charge is 0.390 e. The molecular weight excluding hydrogens is 303 g/mol. The number of hydrogen-bond acceptors (Lipinski definition) is 2. The molecule has 19 heavy (non-hydrogen) atoms. The highest BCUT2D eigenvalue weighted by Gasteiger charge is 2.47. The van der Waals surface area contributed by atoms with Crippen LogP contribution in [-0.4, -0.2) is 21.1 Å². The number of benzene rings is 1. The molecule has 106 valence electrons. The smallest absolute Gasteiger partial charge is 0.270 e. The monoisotopic (exact) mass is 313 g/mol. The van der Waals surface area contributed by atoms with Gasteiger partial charge < -0.3 is 0 Å². The lowest BCUT2D eigenvalue weighted by Crippen LogP contribution is -2.30. The van der Waals surface area contributed by atoms with Gasteiger partial charge in [-0.15, -0.1) is 0 Å². The van der Waals surface area contributed by atoms with E-state index in [0.29, 0.717) is 0 Å². The lowest BCUT2D eigenvalue weighted by Gasteiger charge is -2.18. The molecule has 0 bridgehead atoms. The van der Waals surface area contributed by atoms with Gasteiger partial charge >= 0.3 is 6.18 Å². The Morgan fingerprint density at radius 1 is 1.37 bits per heavy atom. The van der Waals surface area contributed by atoms with E-state index in [9.17, 15) is 21.6 Å². The molecule has 1 unspecified atom stereocenters. The third-order valence-corrected chi connectivity index (χ3v) is 5.42. The van der Waals surface area contributed by atoms with Gasteiger partial charge in [-0.1, -0.05) is 11.6 Å². The van der Waals surface area contributed by atoms with Crippen LogP contribution < -0.4 is 4.31 Å². The third kappa shape index (κ3) is 2.53. The Labute approximate surface area is 114 Å². The van der Waals surface area contributed by atoms with Crippen LogP contribution in [0.2, 0.25) is 5.02 Å². The predicted octanol–water partition coefficient (Wildman–Crippen LogP) is 3.50. The fourth-order valence-electron chi connectivity index (χ4n) is 2.24. The van der Waals surface area contributed by atoms with E-state index in [2.05, 4.69) is 0 Å². The molecule has 1 aliphatic heterocycles. The molecule has 0 saturated heterocycles. The fourth-order valence-corrected chi connectivity index (χ4v) is 4.43. The SMILES string of the molecule is CCN1c2ccc(Cl)cc2C(CC(F)(F)F)S1(=O)=O. The molecule has 0 fully saturated rings. The zero-order valence-electron chi connectivity index (χ0n) is 9.91. The van der Waals surface area contributed by atoms with E-state index in [0.717, 1.165) is 4.31 Å². The average molecular weight is 314 g/mol. The Morgan fingerprint density at radius 2 is 2.00 bits per heavy atom. The molecule has 0 amide bonds. The van der Waals surface area contributed by atoms with Gasteiger partial charge in [0.2, 0.25) is 10.0 Å². The van der Waals surface area contributed by atoms with Crippen LogP contribution in [0.1, 0.15) is 24.2 Å². The summed E-state index contributed by atoms with van der Waals surface area (Å²) in [7, 11) is -4.03. The molecule has 0 spiro atoms. The summed E-state index contributed by atoms with van der Waals surface area (Å²) in [5.74, 6) is 0. The van der Waals surface area contributed by atoms with Gasteiger partial charge in [-0.05, 0) is 30.7 Å².